The number of phenolic OH excluding ortho intramolecular Hbond substituents is 1. The van der Waals surface area contributed by atoms with Crippen molar-refractivity contribution in [2.75, 3.05) is 10.8 Å². The summed E-state index contributed by atoms with van der Waals surface area (Å²) < 4.78 is 54.0. The van der Waals surface area contributed by atoms with Gasteiger partial charge in [0.25, 0.3) is 0 Å². The summed E-state index contributed by atoms with van der Waals surface area (Å²) in [6.07, 6.45) is 1.90. The summed E-state index contributed by atoms with van der Waals surface area (Å²) in [5.41, 5.74) is 2.22. The van der Waals surface area contributed by atoms with E-state index in [9.17, 15) is 27.0 Å². The van der Waals surface area contributed by atoms with Gasteiger partial charge in [0.1, 0.15) is 11.4 Å². The van der Waals surface area contributed by atoms with E-state index in [1.165, 1.54) is 12.1 Å². The third kappa shape index (κ3) is 4.69. The van der Waals surface area contributed by atoms with E-state index in [0.717, 1.165) is 16.1 Å². The zero-order valence-electron chi connectivity index (χ0n) is 16.5. The second kappa shape index (κ2) is 8.17. The fourth-order valence-electron chi connectivity index (χ4n) is 3.07. The van der Waals surface area contributed by atoms with E-state index in [0.29, 0.717) is 24.0 Å². The zero-order valence-corrected chi connectivity index (χ0v) is 18.1. The molecule has 1 aliphatic rings. The van der Waals surface area contributed by atoms with E-state index in [1.807, 2.05) is 17.7 Å². The molecule has 30 heavy (non-hydrogen) atoms. The molecule has 0 unspecified atom stereocenters. The second-order valence-electron chi connectivity index (χ2n) is 7.01. The van der Waals surface area contributed by atoms with Crippen LogP contribution in [-0.4, -0.2) is 33.6 Å². The van der Waals surface area contributed by atoms with Gasteiger partial charge in [0, 0.05) is 6.54 Å². The van der Waals surface area contributed by atoms with Crippen LogP contribution in [-0.2, 0) is 26.7 Å². The molecular formula is C19H23N3O6S2. The number of hydrogen-bond donors (Lipinski definition) is 4. The van der Waals surface area contributed by atoms with Crippen molar-refractivity contribution in [1.29, 1.82) is 0 Å². The van der Waals surface area contributed by atoms with Crippen LogP contribution >= 0.6 is 0 Å². The van der Waals surface area contributed by atoms with Crippen molar-refractivity contribution in [3.63, 3.8) is 0 Å². The maximum absolute atomic E-state index is 12.5. The lowest BCUT2D eigenvalue weighted by atomic mass is 10.1. The number of sulfonamides is 1. The van der Waals surface area contributed by atoms with Gasteiger partial charge in [-0.25, -0.2) is 22.2 Å². The number of benzene rings is 2. The summed E-state index contributed by atoms with van der Waals surface area (Å²) >= 11 is 0. The number of hydrogen-bond acceptors (Lipinski definition) is 6. The lowest BCUT2D eigenvalue weighted by Crippen LogP contribution is -2.29. The minimum atomic E-state index is -3.99. The number of aryl methyl sites for hydroxylation is 3. The van der Waals surface area contributed by atoms with E-state index in [-0.39, 0.29) is 22.9 Å². The minimum absolute atomic E-state index is 0.00840. The first-order chi connectivity index (χ1) is 14.0. The van der Waals surface area contributed by atoms with Gasteiger partial charge < -0.3 is 10.2 Å². The highest BCUT2D eigenvalue weighted by Crippen LogP contribution is 2.32. The molecule has 1 aliphatic heterocycles. The Kier molecular flexibility index (Phi) is 5.97. The second-order valence-corrected chi connectivity index (χ2v) is 10.3. The number of aliphatic hydroxyl groups excluding tert-OH is 1. The van der Waals surface area contributed by atoms with Crippen molar-refractivity contribution in [3.8, 4) is 5.75 Å². The molecule has 162 valence electrons. The molecule has 2 aromatic rings. The molecule has 0 atom stereocenters. The Morgan fingerprint density at radius 1 is 1.10 bits per heavy atom. The summed E-state index contributed by atoms with van der Waals surface area (Å²) in [6, 6.07) is 9.70. The molecule has 0 aliphatic carbocycles. The number of nitrogens with one attached hydrogen (secondary N) is 2. The third-order valence-electron chi connectivity index (χ3n) is 4.58. The van der Waals surface area contributed by atoms with Crippen LogP contribution in [0, 0.1) is 13.8 Å². The normalized spacial score (nSPS) is 15.7. The van der Waals surface area contributed by atoms with E-state index < -0.39 is 26.1 Å². The van der Waals surface area contributed by atoms with Gasteiger partial charge in [-0.15, -0.1) is 0 Å². The number of nitrogens with zero attached hydrogens (tertiary/aromatic N) is 1. The molecule has 2 aromatic carbocycles. The smallest absolute Gasteiger partial charge is 0.330 e. The van der Waals surface area contributed by atoms with Gasteiger partial charge >= 0.3 is 10.2 Å². The lowest BCUT2D eigenvalue weighted by molar-refractivity contribution is 0.392. The zero-order chi connectivity index (χ0) is 22.1. The van der Waals surface area contributed by atoms with Gasteiger partial charge in [-0.1, -0.05) is 18.2 Å². The number of anilines is 1. The van der Waals surface area contributed by atoms with Crippen LogP contribution in [0.5, 0.6) is 5.75 Å². The molecule has 0 saturated carbocycles. The van der Waals surface area contributed by atoms with Crippen molar-refractivity contribution in [2.24, 2.45) is 0 Å². The standard InChI is InChI=1S/C19H23N3O6S2/c1-13-5-6-14(2)18(10-13)29(25,26)20-9-3-4-15-7-8-16(17(23)11-15)22-12-19(24)21-30(22,27)28/h5-8,10-12,20-21,23-24H,3-4,9H2,1-2H3. The molecule has 0 spiro atoms. The van der Waals surface area contributed by atoms with E-state index in [4.69, 9.17) is 0 Å². The van der Waals surface area contributed by atoms with E-state index in [1.54, 1.807) is 25.1 Å². The lowest BCUT2D eigenvalue weighted by Gasteiger charge is -2.16. The predicted molar refractivity (Wildman–Crippen MR) is 113 cm³/mol. The summed E-state index contributed by atoms with van der Waals surface area (Å²) in [5.74, 6) is -0.825. The SMILES string of the molecule is Cc1ccc(C)c(S(=O)(=O)NCCCc2ccc(N3C=C(O)NS3(=O)=O)c(O)c2)c1. The van der Waals surface area contributed by atoms with Crippen molar-refractivity contribution in [1.82, 2.24) is 9.44 Å². The Hall–Kier alpha value is -2.76. The van der Waals surface area contributed by atoms with Gasteiger partial charge in [-0.2, -0.15) is 8.42 Å². The van der Waals surface area contributed by atoms with Gasteiger partial charge in [-0.05, 0) is 61.6 Å². The van der Waals surface area contributed by atoms with Crippen LogP contribution < -0.4 is 13.7 Å². The van der Waals surface area contributed by atoms with Gasteiger partial charge in [0.15, 0.2) is 0 Å². The average molecular weight is 454 g/mol. The predicted octanol–water partition coefficient (Wildman–Crippen LogP) is 1.93. The van der Waals surface area contributed by atoms with Crippen LogP contribution in [0.15, 0.2) is 53.4 Å². The first-order valence-electron chi connectivity index (χ1n) is 9.11. The Bertz CT molecular complexity index is 1210. The summed E-state index contributed by atoms with van der Waals surface area (Å²) in [7, 11) is -7.61. The largest absolute Gasteiger partial charge is 0.506 e. The summed E-state index contributed by atoms with van der Waals surface area (Å²) in [6.45, 7) is 3.78. The molecule has 11 heteroatoms. The average Bonchev–Trinajstić information content (AvgIpc) is 2.93. The molecule has 0 amide bonds. The monoisotopic (exact) mass is 453 g/mol. The fraction of sp³-hybridized carbons (Fsp3) is 0.263. The third-order valence-corrected chi connectivity index (χ3v) is 7.47. The molecule has 4 N–H and O–H groups in total. The molecule has 9 nitrogen and oxygen atoms in total. The molecule has 0 saturated heterocycles. The van der Waals surface area contributed by atoms with Crippen molar-refractivity contribution in [2.45, 2.75) is 31.6 Å². The van der Waals surface area contributed by atoms with E-state index in [2.05, 4.69) is 4.72 Å². The first kappa shape index (κ1) is 21.9. The number of rotatable bonds is 7. The maximum Gasteiger partial charge on any atom is 0.330 e. The molecule has 3 rings (SSSR count). The minimum Gasteiger partial charge on any atom is -0.506 e. The Balaban J connectivity index is 1.62. The number of aliphatic hydroxyl groups is 1. The van der Waals surface area contributed by atoms with Crippen molar-refractivity contribution < 1.29 is 27.0 Å². The molecule has 1 heterocycles. The number of aromatic hydroxyl groups is 1. The molecule has 0 fully saturated rings. The highest BCUT2D eigenvalue weighted by molar-refractivity contribution is 7.91. The quantitative estimate of drug-likeness (QED) is 0.473. The topological polar surface area (TPSA) is 136 Å². The Morgan fingerprint density at radius 2 is 1.83 bits per heavy atom. The van der Waals surface area contributed by atoms with Crippen molar-refractivity contribution >= 4 is 25.9 Å². The Labute approximate surface area is 175 Å². The number of phenols is 1. The van der Waals surface area contributed by atoms with Crippen LogP contribution in [0.1, 0.15) is 23.1 Å². The van der Waals surface area contributed by atoms with Crippen LogP contribution in [0.4, 0.5) is 5.69 Å². The molecule has 0 bridgehead atoms. The van der Waals surface area contributed by atoms with Gasteiger partial charge in [-0.3, -0.25) is 0 Å². The fourth-order valence-corrected chi connectivity index (χ4v) is 5.54. The highest BCUT2D eigenvalue weighted by atomic mass is 32.2. The maximum atomic E-state index is 12.5. The molecular weight excluding hydrogens is 430 g/mol. The molecule has 0 radical (unpaired) electrons. The van der Waals surface area contributed by atoms with Crippen LogP contribution in [0.2, 0.25) is 0 Å². The van der Waals surface area contributed by atoms with E-state index >= 15 is 0 Å². The first-order valence-corrected chi connectivity index (χ1v) is 12.0. The Morgan fingerprint density at radius 3 is 2.47 bits per heavy atom. The van der Waals surface area contributed by atoms with Gasteiger partial charge in [0.05, 0.1) is 11.1 Å². The van der Waals surface area contributed by atoms with Crippen molar-refractivity contribution in [3.05, 3.63) is 65.2 Å². The van der Waals surface area contributed by atoms with Gasteiger partial charge in [0.2, 0.25) is 15.9 Å². The highest BCUT2D eigenvalue weighted by Gasteiger charge is 2.30. The molecule has 0 aromatic heterocycles. The summed E-state index contributed by atoms with van der Waals surface area (Å²) in [5, 5.41) is 19.6. The van der Waals surface area contributed by atoms with Crippen LogP contribution in [0.3, 0.4) is 0 Å². The summed E-state index contributed by atoms with van der Waals surface area (Å²) in [4.78, 5) is 0.251. The van der Waals surface area contributed by atoms with Crippen LogP contribution in [0.25, 0.3) is 0 Å².